The maximum Gasteiger partial charge on any atom is 0.341 e. The molecule has 32 heavy (non-hydrogen) atoms. The molecule has 2 N–H and O–H groups in total. The van der Waals surface area contributed by atoms with Crippen molar-refractivity contribution in [1.29, 1.82) is 0 Å². The Hall–Kier alpha value is -3.40. The number of halogens is 4. The van der Waals surface area contributed by atoms with Crippen molar-refractivity contribution in [2.75, 3.05) is 24.5 Å². The molecule has 0 atom stereocenters. The van der Waals surface area contributed by atoms with Gasteiger partial charge in [0.2, 0.25) is 5.43 Å². The van der Waals surface area contributed by atoms with Gasteiger partial charge in [-0.3, -0.25) is 4.79 Å². The van der Waals surface area contributed by atoms with Gasteiger partial charge < -0.3 is 19.9 Å². The number of piperazine rings is 1. The summed E-state index contributed by atoms with van der Waals surface area (Å²) in [7, 11) is 0. The van der Waals surface area contributed by atoms with Crippen LogP contribution in [0.1, 0.15) is 23.2 Å². The molecule has 5 rings (SSSR count). The number of carboxylic acids is 1. The third-order valence-electron chi connectivity index (χ3n) is 6.10. The number of aromatic carboxylic acids is 1. The monoisotopic (exact) mass is 447 g/mol. The van der Waals surface area contributed by atoms with Gasteiger partial charge in [0.05, 0.1) is 16.6 Å². The molecule has 1 saturated heterocycles. The summed E-state index contributed by atoms with van der Waals surface area (Å²) in [5.74, 6) is -5.77. The molecule has 6 nitrogen and oxygen atoms in total. The highest BCUT2D eigenvalue weighted by Crippen LogP contribution is 2.40. The molecule has 0 amide bonds. The van der Waals surface area contributed by atoms with E-state index < -0.39 is 51.1 Å². The Morgan fingerprint density at radius 2 is 1.84 bits per heavy atom. The van der Waals surface area contributed by atoms with E-state index in [0.717, 1.165) is 41.8 Å². The molecule has 2 aliphatic rings. The van der Waals surface area contributed by atoms with E-state index in [-0.39, 0.29) is 16.9 Å². The second kappa shape index (κ2) is 7.06. The molecule has 2 fully saturated rings. The van der Waals surface area contributed by atoms with Gasteiger partial charge in [-0.2, -0.15) is 0 Å². The number of hydrogen-bond acceptors (Lipinski definition) is 4. The molecule has 0 bridgehead atoms. The minimum Gasteiger partial charge on any atom is -0.477 e. The fourth-order valence-corrected chi connectivity index (χ4v) is 4.35. The highest BCUT2D eigenvalue weighted by Gasteiger charge is 2.46. The number of hydrogen-bond donors (Lipinski definition) is 2. The fraction of sp³-hybridized carbons (Fsp3) is 0.273. The summed E-state index contributed by atoms with van der Waals surface area (Å²) in [6.45, 7) is 1.17. The van der Waals surface area contributed by atoms with E-state index in [1.54, 1.807) is 0 Å². The molecule has 1 aromatic heterocycles. The van der Waals surface area contributed by atoms with Crippen LogP contribution in [0.4, 0.5) is 23.2 Å². The average Bonchev–Trinajstić information content (AvgIpc) is 3.47. The number of nitrogens with one attached hydrogen (secondary N) is 1. The Bertz CT molecular complexity index is 1350. The van der Waals surface area contributed by atoms with Crippen molar-refractivity contribution >= 4 is 22.6 Å². The third-order valence-corrected chi connectivity index (χ3v) is 6.10. The molecular formula is C22H17F4N3O3. The number of carbonyl (C=O) groups is 1. The van der Waals surface area contributed by atoms with E-state index >= 15 is 8.78 Å². The van der Waals surface area contributed by atoms with Gasteiger partial charge in [-0.1, -0.05) is 0 Å². The maximum absolute atomic E-state index is 15.9. The number of rotatable bonds is 3. The zero-order chi connectivity index (χ0) is 22.8. The molecule has 166 valence electrons. The number of aromatic nitrogens is 1. The Kier molecular flexibility index (Phi) is 4.52. The molecule has 2 heterocycles. The normalized spacial score (nSPS) is 17.2. The van der Waals surface area contributed by atoms with Gasteiger partial charge in [-0.25, -0.2) is 22.4 Å². The first-order chi connectivity index (χ1) is 15.2. The maximum atomic E-state index is 15.9. The van der Waals surface area contributed by atoms with Crippen LogP contribution >= 0.6 is 0 Å². The fourth-order valence-electron chi connectivity index (χ4n) is 4.35. The van der Waals surface area contributed by atoms with Crippen molar-refractivity contribution in [2.45, 2.75) is 18.4 Å². The smallest absolute Gasteiger partial charge is 0.341 e. The van der Waals surface area contributed by atoms with Crippen molar-refractivity contribution in [3.63, 3.8) is 0 Å². The van der Waals surface area contributed by atoms with Crippen LogP contribution in [0.15, 0.2) is 35.3 Å². The van der Waals surface area contributed by atoms with E-state index in [1.807, 2.05) is 0 Å². The van der Waals surface area contributed by atoms with E-state index in [1.165, 1.54) is 4.90 Å². The van der Waals surface area contributed by atoms with Gasteiger partial charge in [-0.05, 0) is 31.0 Å². The van der Waals surface area contributed by atoms with Gasteiger partial charge in [0.1, 0.15) is 28.7 Å². The summed E-state index contributed by atoms with van der Waals surface area (Å²) >= 11 is 0. The minimum absolute atomic E-state index is 0.206. The van der Waals surface area contributed by atoms with Crippen LogP contribution in [0.2, 0.25) is 0 Å². The summed E-state index contributed by atoms with van der Waals surface area (Å²) in [6, 6.07) is 3.24. The molecule has 1 spiro atoms. The van der Waals surface area contributed by atoms with Crippen LogP contribution < -0.4 is 15.6 Å². The van der Waals surface area contributed by atoms with Gasteiger partial charge in [0, 0.05) is 37.4 Å². The van der Waals surface area contributed by atoms with E-state index in [0.29, 0.717) is 25.7 Å². The number of carboxylic acid groups (broad SMARTS) is 1. The quantitative estimate of drug-likeness (QED) is 0.604. The van der Waals surface area contributed by atoms with Crippen LogP contribution in [-0.2, 0) is 0 Å². The lowest BCUT2D eigenvalue weighted by Gasteiger charge is -2.36. The Morgan fingerprint density at radius 3 is 2.50 bits per heavy atom. The highest BCUT2D eigenvalue weighted by atomic mass is 19.1. The SMILES string of the molecule is O=C(O)c1cn(-c2ccc(F)cc2F)c2c(F)c(N3CCNC4(CC4)C3)c(F)cc2c1=O. The van der Waals surface area contributed by atoms with E-state index in [4.69, 9.17) is 0 Å². The van der Waals surface area contributed by atoms with Crippen molar-refractivity contribution in [3.8, 4) is 5.69 Å². The second-order valence-corrected chi connectivity index (χ2v) is 8.19. The molecule has 10 heteroatoms. The molecule has 1 saturated carbocycles. The van der Waals surface area contributed by atoms with Gasteiger partial charge in [0.25, 0.3) is 0 Å². The molecule has 0 unspecified atom stereocenters. The van der Waals surface area contributed by atoms with Crippen LogP contribution in [0.3, 0.4) is 0 Å². The molecule has 1 aliphatic heterocycles. The topological polar surface area (TPSA) is 74.6 Å². The lowest BCUT2D eigenvalue weighted by Crippen LogP contribution is -2.53. The Labute approximate surface area is 178 Å². The first-order valence-corrected chi connectivity index (χ1v) is 9.97. The summed E-state index contributed by atoms with van der Waals surface area (Å²) in [5, 5.41) is 12.2. The van der Waals surface area contributed by atoms with Crippen LogP contribution in [0.25, 0.3) is 16.6 Å². The number of anilines is 1. The van der Waals surface area contributed by atoms with E-state index in [9.17, 15) is 23.5 Å². The van der Waals surface area contributed by atoms with Crippen molar-refractivity contribution in [3.05, 3.63) is 69.5 Å². The van der Waals surface area contributed by atoms with Crippen molar-refractivity contribution < 1.29 is 27.5 Å². The van der Waals surface area contributed by atoms with Crippen LogP contribution in [-0.4, -0.2) is 40.8 Å². The number of benzene rings is 2. The van der Waals surface area contributed by atoms with Crippen molar-refractivity contribution in [2.24, 2.45) is 0 Å². The minimum atomic E-state index is -1.64. The highest BCUT2D eigenvalue weighted by molar-refractivity contribution is 5.94. The molecular weight excluding hydrogens is 430 g/mol. The zero-order valence-corrected chi connectivity index (χ0v) is 16.6. The molecule has 1 aliphatic carbocycles. The molecule has 0 radical (unpaired) electrons. The first-order valence-electron chi connectivity index (χ1n) is 9.97. The lowest BCUT2D eigenvalue weighted by atomic mass is 10.1. The zero-order valence-electron chi connectivity index (χ0n) is 16.6. The van der Waals surface area contributed by atoms with Crippen LogP contribution in [0.5, 0.6) is 0 Å². The predicted molar refractivity (Wildman–Crippen MR) is 109 cm³/mol. The summed E-state index contributed by atoms with van der Waals surface area (Å²) in [4.78, 5) is 25.8. The number of pyridine rings is 1. The van der Waals surface area contributed by atoms with Gasteiger partial charge >= 0.3 is 5.97 Å². The van der Waals surface area contributed by atoms with Gasteiger partial charge in [0.15, 0.2) is 5.82 Å². The lowest BCUT2D eigenvalue weighted by molar-refractivity contribution is 0.0695. The first kappa shape index (κ1) is 20.5. The molecule has 3 aromatic rings. The van der Waals surface area contributed by atoms with Gasteiger partial charge in [-0.15, -0.1) is 0 Å². The number of fused-ring (bicyclic) bond motifs is 1. The third kappa shape index (κ3) is 3.13. The summed E-state index contributed by atoms with van der Waals surface area (Å²) < 4.78 is 59.8. The average molecular weight is 447 g/mol. The largest absolute Gasteiger partial charge is 0.477 e. The Balaban J connectivity index is 1.82. The van der Waals surface area contributed by atoms with Crippen LogP contribution in [0, 0.1) is 23.3 Å². The second-order valence-electron chi connectivity index (χ2n) is 8.19. The number of nitrogens with zero attached hydrogens (tertiary/aromatic N) is 2. The molecule has 2 aromatic carbocycles. The summed E-state index contributed by atoms with van der Waals surface area (Å²) in [6.07, 6.45) is 2.51. The Morgan fingerprint density at radius 1 is 1.09 bits per heavy atom. The predicted octanol–water partition coefficient (Wildman–Crippen LogP) is 3.19. The van der Waals surface area contributed by atoms with Crippen molar-refractivity contribution in [1.82, 2.24) is 9.88 Å². The van der Waals surface area contributed by atoms with E-state index in [2.05, 4.69) is 5.32 Å². The standard InChI is InChI=1S/C22H17F4N3O3/c23-11-1-2-16(14(24)7-11)29-9-13(21(31)32)20(30)12-8-15(25)19(17(26)18(12)29)28-6-5-27-22(10-28)3-4-22/h1-2,7-9,27H,3-6,10H2,(H,31,32). The summed E-state index contributed by atoms with van der Waals surface area (Å²) in [5.41, 5.74) is -3.34.